The maximum atomic E-state index is 13.4. The first kappa shape index (κ1) is 32.2. The average Bonchev–Trinajstić information content (AvgIpc) is 3.31. The molecule has 0 aliphatic rings. The standard InChI is InChI=1S/C28H40N6O6/c1-17(2)40-28(39)24(10-6-7-13-29)34-26(37)23(12-11-20(36)15-30)33-27(38)25(32-18(3)35)14-19-16-31-22-9-5-4-8-21(19)22/h4-5,8-9,15-17,23-25,30-31H,6-7,10-14,29H2,1-3H3,(H,32,35)(H,33,38)(H,34,37)/t23-,24-,25-/m0/s1. The van der Waals surface area contributed by atoms with Crippen molar-refractivity contribution in [2.45, 2.75) is 83.5 Å². The van der Waals surface area contributed by atoms with Crippen molar-refractivity contribution >= 4 is 46.6 Å². The van der Waals surface area contributed by atoms with Crippen LogP contribution in [0.3, 0.4) is 0 Å². The number of nitrogens with one attached hydrogen (secondary N) is 5. The van der Waals surface area contributed by atoms with Crippen molar-refractivity contribution in [1.82, 2.24) is 20.9 Å². The molecule has 3 amide bonds. The van der Waals surface area contributed by atoms with E-state index in [1.54, 1.807) is 20.0 Å². The summed E-state index contributed by atoms with van der Waals surface area (Å²) in [5, 5.41) is 16.0. The number of hydrogen-bond acceptors (Lipinski definition) is 8. The molecule has 0 spiro atoms. The molecule has 12 heteroatoms. The third-order valence-electron chi connectivity index (χ3n) is 6.17. The van der Waals surface area contributed by atoms with Gasteiger partial charge in [0.25, 0.3) is 0 Å². The zero-order valence-corrected chi connectivity index (χ0v) is 23.3. The number of hydrogen-bond donors (Lipinski definition) is 6. The second-order valence-corrected chi connectivity index (χ2v) is 9.86. The Hall–Kier alpha value is -4.06. The van der Waals surface area contributed by atoms with Gasteiger partial charge in [-0.2, -0.15) is 0 Å². The molecule has 12 nitrogen and oxygen atoms in total. The maximum absolute atomic E-state index is 13.4. The molecule has 0 bridgehead atoms. The molecule has 0 saturated heterocycles. The van der Waals surface area contributed by atoms with E-state index in [0.717, 1.165) is 16.5 Å². The van der Waals surface area contributed by atoms with Crippen molar-refractivity contribution in [3.05, 3.63) is 36.0 Å². The van der Waals surface area contributed by atoms with Crippen LogP contribution in [0.4, 0.5) is 0 Å². The molecule has 2 rings (SSSR count). The molecule has 1 aromatic carbocycles. The van der Waals surface area contributed by atoms with Crippen LogP contribution in [0.25, 0.3) is 10.9 Å². The van der Waals surface area contributed by atoms with Gasteiger partial charge in [-0.25, -0.2) is 4.79 Å². The van der Waals surface area contributed by atoms with E-state index in [1.165, 1.54) is 6.92 Å². The number of aromatic amines is 1. The second-order valence-electron chi connectivity index (χ2n) is 9.86. The number of rotatable bonds is 17. The number of Topliss-reactive ketones (excluding diaryl/α,β-unsaturated/α-hetero) is 1. The third kappa shape index (κ3) is 10.3. The zero-order valence-electron chi connectivity index (χ0n) is 23.3. The minimum Gasteiger partial charge on any atom is -0.461 e. The largest absolute Gasteiger partial charge is 0.461 e. The Balaban J connectivity index is 2.25. The molecule has 0 unspecified atom stereocenters. The van der Waals surface area contributed by atoms with Crippen LogP contribution in [0.5, 0.6) is 0 Å². The van der Waals surface area contributed by atoms with Gasteiger partial charge < -0.3 is 36.8 Å². The predicted octanol–water partition coefficient (Wildman–Crippen LogP) is 1.26. The van der Waals surface area contributed by atoms with Crippen LogP contribution in [0.15, 0.2) is 30.5 Å². The summed E-state index contributed by atoms with van der Waals surface area (Å²) in [5.74, 6) is -2.89. The van der Waals surface area contributed by atoms with Gasteiger partial charge in [-0.3, -0.25) is 19.2 Å². The lowest BCUT2D eigenvalue weighted by molar-refractivity contribution is -0.152. The number of carbonyl (C=O) groups excluding carboxylic acids is 5. The van der Waals surface area contributed by atoms with Crippen LogP contribution in [-0.2, 0) is 35.1 Å². The molecule has 7 N–H and O–H groups in total. The summed E-state index contributed by atoms with van der Waals surface area (Å²) < 4.78 is 5.29. The predicted molar refractivity (Wildman–Crippen MR) is 151 cm³/mol. The number of para-hydroxylation sites is 1. The molecule has 40 heavy (non-hydrogen) atoms. The first-order valence-corrected chi connectivity index (χ1v) is 13.4. The van der Waals surface area contributed by atoms with E-state index in [9.17, 15) is 24.0 Å². The highest BCUT2D eigenvalue weighted by atomic mass is 16.5. The van der Waals surface area contributed by atoms with Crippen molar-refractivity contribution < 1.29 is 28.7 Å². The Labute approximate surface area is 233 Å². The van der Waals surface area contributed by atoms with E-state index >= 15 is 0 Å². The molecule has 3 atom stereocenters. The number of fused-ring (bicyclic) bond motifs is 1. The van der Waals surface area contributed by atoms with Gasteiger partial charge in [0.1, 0.15) is 18.1 Å². The number of benzene rings is 1. The monoisotopic (exact) mass is 556 g/mol. The molecule has 0 fully saturated rings. The Morgan fingerprint density at radius 3 is 2.30 bits per heavy atom. The SMILES string of the molecule is CC(=O)N[C@@H](Cc1c[nH]c2ccccc12)C(=O)N[C@@H](CCC(=O)C=N)C(=O)N[C@@H](CCCCN)C(=O)OC(C)C. The number of amides is 3. The summed E-state index contributed by atoms with van der Waals surface area (Å²) in [6.45, 7) is 5.09. The summed E-state index contributed by atoms with van der Waals surface area (Å²) in [6.07, 6.45) is 3.34. The van der Waals surface area contributed by atoms with Gasteiger partial charge in [0.05, 0.1) is 12.3 Å². The van der Waals surface area contributed by atoms with Crippen molar-refractivity contribution in [2.24, 2.45) is 5.73 Å². The third-order valence-corrected chi connectivity index (χ3v) is 6.17. The molecule has 1 heterocycles. The fourth-order valence-electron chi connectivity index (χ4n) is 4.20. The number of H-pyrrole nitrogens is 1. The molecule has 1 aromatic heterocycles. The number of unbranched alkanes of at least 4 members (excludes halogenated alkanes) is 1. The Morgan fingerprint density at radius 2 is 1.65 bits per heavy atom. The summed E-state index contributed by atoms with van der Waals surface area (Å²) >= 11 is 0. The van der Waals surface area contributed by atoms with Crippen LogP contribution >= 0.6 is 0 Å². The topological polar surface area (TPSA) is 196 Å². The lowest BCUT2D eigenvalue weighted by atomic mass is 10.0. The van der Waals surface area contributed by atoms with Gasteiger partial charge >= 0.3 is 5.97 Å². The Bertz CT molecular complexity index is 1190. The molecule has 0 aliphatic heterocycles. The van der Waals surface area contributed by atoms with Crippen molar-refractivity contribution in [3.8, 4) is 0 Å². The van der Waals surface area contributed by atoms with E-state index in [4.69, 9.17) is 15.9 Å². The summed E-state index contributed by atoms with van der Waals surface area (Å²) in [7, 11) is 0. The van der Waals surface area contributed by atoms with Crippen LogP contribution in [0.1, 0.15) is 58.4 Å². The fourth-order valence-corrected chi connectivity index (χ4v) is 4.20. The summed E-state index contributed by atoms with van der Waals surface area (Å²) in [4.78, 5) is 66.3. The van der Waals surface area contributed by atoms with Crippen LogP contribution in [0, 0.1) is 5.41 Å². The smallest absolute Gasteiger partial charge is 0.328 e. The number of esters is 1. The molecule has 0 radical (unpaired) electrons. The maximum Gasteiger partial charge on any atom is 0.328 e. The molecular weight excluding hydrogens is 516 g/mol. The van der Waals surface area contributed by atoms with E-state index in [0.29, 0.717) is 25.6 Å². The highest BCUT2D eigenvalue weighted by Gasteiger charge is 2.30. The lowest BCUT2D eigenvalue weighted by Crippen LogP contribution is -2.56. The minimum atomic E-state index is -1.21. The normalized spacial score (nSPS) is 13.2. The Morgan fingerprint density at radius 1 is 0.975 bits per heavy atom. The van der Waals surface area contributed by atoms with Gasteiger partial charge in [0.2, 0.25) is 17.7 Å². The number of ketones is 1. The van der Waals surface area contributed by atoms with Crippen LogP contribution in [0.2, 0.25) is 0 Å². The number of nitrogens with two attached hydrogens (primary N) is 1. The van der Waals surface area contributed by atoms with Crippen LogP contribution in [-0.4, -0.2) is 71.4 Å². The highest BCUT2D eigenvalue weighted by molar-refractivity contribution is 6.26. The van der Waals surface area contributed by atoms with Crippen molar-refractivity contribution in [2.75, 3.05) is 6.54 Å². The van der Waals surface area contributed by atoms with Gasteiger partial charge in [-0.1, -0.05) is 18.2 Å². The zero-order chi connectivity index (χ0) is 29.7. The molecule has 0 saturated carbocycles. The Kier molecular flexibility index (Phi) is 13.0. The average molecular weight is 557 g/mol. The molecular formula is C28H40N6O6. The molecule has 0 aliphatic carbocycles. The summed E-state index contributed by atoms with van der Waals surface area (Å²) in [6, 6.07) is 4.32. The quantitative estimate of drug-likeness (QED) is 0.0958. The number of aromatic nitrogens is 1. The van der Waals surface area contributed by atoms with E-state index < -0.39 is 53.7 Å². The summed E-state index contributed by atoms with van der Waals surface area (Å²) in [5.41, 5.74) is 7.23. The molecule has 218 valence electrons. The minimum absolute atomic E-state index is 0.111. The van der Waals surface area contributed by atoms with E-state index in [1.807, 2.05) is 24.3 Å². The lowest BCUT2D eigenvalue weighted by Gasteiger charge is -2.25. The van der Waals surface area contributed by atoms with Gasteiger partial charge in [0.15, 0.2) is 5.78 Å². The van der Waals surface area contributed by atoms with Crippen molar-refractivity contribution in [1.29, 1.82) is 5.41 Å². The number of carbonyl (C=O) groups is 5. The highest BCUT2D eigenvalue weighted by Crippen LogP contribution is 2.19. The van der Waals surface area contributed by atoms with E-state index in [-0.39, 0.29) is 25.7 Å². The van der Waals surface area contributed by atoms with Gasteiger partial charge in [-0.05, 0) is 57.7 Å². The number of ether oxygens (including phenoxy) is 1. The van der Waals surface area contributed by atoms with Gasteiger partial charge in [-0.15, -0.1) is 0 Å². The van der Waals surface area contributed by atoms with Gasteiger partial charge in [0, 0.05) is 36.9 Å². The molecule has 2 aromatic rings. The van der Waals surface area contributed by atoms with Crippen LogP contribution < -0.4 is 21.7 Å². The fraction of sp³-hybridized carbons (Fsp3) is 0.500. The second kappa shape index (κ2) is 16.1. The van der Waals surface area contributed by atoms with E-state index in [2.05, 4.69) is 20.9 Å². The first-order chi connectivity index (χ1) is 19.0. The first-order valence-electron chi connectivity index (χ1n) is 13.4. The van der Waals surface area contributed by atoms with Crippen molar-refractivity contribution in [3.63, 3.8) is 0 Å².